The zero-order chi connectivity index (χ0) is 10.8. The molecule has 0 spiro atoms. The van der Waals surface area contributed by atoms with Gasteiger partial charge in [-0.15, -0.1) is 0 Å². The molecule has 2 atom stereocenters. The highest BCUT2D eigenvalue weighted by molar-refractivity contribution is 5.46. The Balaban J connectivity index is 2.16. The quantitative estimate of drug-likeness (QED) is 0.757. The lowest BCUT2D eigenvalue weighted by molar-refractivity contribution is 0.355. The maximum absolute atomic E-state index is 5.66. The number of nitrogen functional groups attached to an aromatic ring is 1. The molecule has 1 aromatic rings. The van der Waals surface area contributed by atoms with Gasteiger partial charge in [-0.3, -0.25) is 0 Å². The summed E-state index contributed by atoms with van der Waals surface area (Å²) in [6, 6.07) is 1.85. The second-order valence-corrected chi connectivity index (χ2v) is 4.65. The van der Waals surface area contributed by atoms with Gasteiger partial charge in [0.05, 0.1) is 0 Å². The van der Waals surface area contributed by atoms with Crippen molar-refractivity contribution in [2.75, 3.05) is 23.7 Å². The average molecular weight is 206 g/mol. The van der Waals surface area contributed by atoms with Crippen LogP contribution >= 0.6 is 0 Å². The maximum atomic E-state index is 5.66. The molecule has 0 radical (unpaired) electrons. The third-order valence-corrected chi connectivity index (χ3v) is 2.87. The molecule has 0 aliphatic carbocycles. The maximum Gasteiger partial charge on any atom is 0.134 e. The van der Waals surface area contributed by atoms with E-state index in [1.54, 1.807) is 0 Å². The van der Waals surface area contributed by atoms with E-state index < -0.39 is 0 Å². The Bertz CT molecular complexity index is 329. The van der Waals surface area contributed by atoms with Gasteiger partial charge >= 0.3 is 0 Å². The first-order valence-corrected chi connectivity index (χ1v) is 5.47. The zero-order valence-electron chi connectivity index (χ0n) is 9.35. The number of rotatable bonds is 1. The number of hydrogen-bond acceptors (Lipinski definition) is 4. The van der Waals surface area contributed by atoms with Crippen molar-refractivity contribution in [1.82, 2.24) is 9.97 Å². The second kappa shape index (κ2) is 4.04. The standard InChI is InChI=1S/C11H18N4/c1-8-3-9(2)6-15(5-8)11-4-10(12)13-7-14-11/h4,7-9H,3,5-6H2,1-2H3,(H2,12,13,14)/t8-,9-/m1/s1. The van der Waals surface area contributed by atoms with E-state index in [1.807, 2.05) is 6.07 Å². The molecule has 0 unspecified atom stereocenters. The van der Waals surface area contributed by atoms with Gasteiger partial charge in [0.2, 0.25) is 0 Å². The molecule has 1 fully saturated rings. The first-order chi connectivity index (χ1) is 7.15. The van der Waals surface area contributed by atoms with Crippen molar-refractivity contribution >= 4 is 11.6 Å². The number of piperidine rings is 1. The first-order valence-electron chi connectivity index (χ1n) is 5.47. The van der Waals surface area contributed by atoms with Crippen molar-refractivity contribution in [3.63, 3.8) is 0 Å². The van der Waals surface area contributed by atoms with Gasteiger partial charge in [0, 0.05) is 19.2 Å². The van der Waals surface area contributed by atoms with E-state index in [2.05, 4.69) is 28.7 Å². The van der Waals surface area contributed by atoms with Crippen LogP contribution in [0.1, 0.15) is 20.3 Å². The molecule has 1 aliphatic rings. The van der Waals surface area contributed by atoms with E-state index in [9.17, 15) is 0 Å². The van der Waals surface area contributed by atoms with Crippen LogP contribution in [0.4, 0.5) is 11.6 Å². The number of nitrogens with two attached hydrogens (primary N) is 1. The number of aromatic nitrogens is 2. The summed E-state index contributed by atoms with van der Waals surface area (Å²) in [5, 5.41) is 0. The van der Waals surface area contributed by atoms with E-state index in [-0.39, 0.29) is 0 Å². The van der Waals surface area contributed by atoms with E-state index in [0.717, 1.165) is 30.7 Å². The molecule has 2 N–H and O–H groups in total. The predicted octanol–water partition coefficient (Wildman–Crippen LogP) is 1.54. The molecule has 1 saturated heterocycles. The monoisotopic (exact) mass is 206 g/mol. The largest absolute Gasteiger partial charge is 0.384 e. The summed E-state index contributed by atoms with van der Waals surface area (Å²) in [5.74, 6) is 2.96. The van der Waals surface area contributed by atoms with Gasteiger partial charge in [-0.05, 0) is 18.3 Å². The Morgan fingerprint density at radius 1 is 1.27 bits per heavy atom. The third-order valence-electron chi connectivity index (χ3n) is 2.87. The molecular weight excluding hydrogens is 188 g/mol. The fourth-order valence-electron chi connectivity index (χ4n) is 2.38. The van der Waals surface area contributed by atoms with Gasteiger partial charge in [0.25, 0.3) is 0 Å². The molecule has 4 nitrogen and oxygen atoms in total. The Hall–Kier alpha value is -1.32. The normalized spacial score (nSPS) is 26.7. The van der Waals surface area contributed by atoms with Crippen molar-refractivity contribution < 1.29 is 0 Å². The van der Waals surface area contributed by atoms with Crippen LogP contribution in [0.2, 0.25) is 0 Å². The van der Waals surface area contributed by atoms with Crippen LogP contribution in [0.5, 0.6) is 0 Å². The number of anilines is 2. The van der Waals surface area contributed by atoms with Crippen LogP contribution in [0.15, 0.2) is 12.4 Å². The molecule has 0 amide bonds. The highest BCUT2D eigenvalue weighted by Gasteiger charge is 2.22. The minimum atomic E-state index is 0.547. The van der Waals surface area contributed by atoms with Crippen LogP contribution in [0.25, 0.3) is 0 Å². The van der Waals surface area contributed by atoms with Crippen LogP contribution in [0.3, 0.4) is 0 Å². The molecule has 15 heavy (non-hydrogen) atoms. The smallest absolute Gasteiger partial charge is 0.134 e. The Morgan fingerprint density at radius 2 is 1.93 bits per heavy atom. The predicted molar refractivity (Wildman–Crippen MR) is 61.6 cm³/mol. The molecule has 4 heteroatoms. The number of hydrogen-bond donors (Lipinski definition) is 1. The van der Waals surface area contributed by atoms with Gasteiger partial charge in [-0.2, -0.15) is 0 Å². The summed E-state index contributed by atoms with van der Waals surface area (Å²) in [6.45, 7) is 6.71. The van der Waals surface area contributed by atoms with Crippen molar-refractivity contribution in [3.05, 3.63) is 12.4 Å². The summed E-state index contributed by atoms with van der Waals surface area (Å²) in [7, 11) is 0. The van der Waals surface area contributed by atoms with Gasteiger partial charge < -0.3 is 10.6 Å². The first kappa shape index (κ1) is 10.2. The molecule has 0 saturated carbocycles. The SMILES string of the molecule is C[C@@H]1C[C@@H](C)CN(c2cc(N)ncn2)C1. The van der Waals surface area contributed by atoms with Crippen LogP contribution < -0.4 is 10.6 Å². The Labute approximate surface area is 90.5 Å². The Morgan fingerprint density at radius 3 is 2.53 bits per heavy atom. The fraction of sp³-hybridized carbons (Fsp3) is 0.636. The molecular formula is C11H18N4. The highest BCUT2D eigenvalue weighted by Crippen LogP contribution is 2.25. The van der Waals surface area contributed by atoms with Crippen molar-refractivity contribution in [2.45, 2.75) is 20.3 Å². The van der Waals surface area contributed by atoms with Crippen molar-refractivity contribution in [2.24, 2.45) is 11.8 Å². The topological polar surface area (TPSA) is 55.0 Å². The van der Waals surface area contributed by atoms with Gasteiger partial charge in [0.15, 0.2) is 0 Å². The summed E-state index contributed by atoms with van der Waals surface area (Å²) < 4.78 is 0. The zero-order valence-corrected chi connectivity index (χ0v) is 9.35. The van der Waals surface area contributed by atoms with Crippen LogP contribution in [-0.2, 0) is 0 Å². The summed E-state index contributed by atoms with van der Waals surface area (Å²) in [4.78, 5) is 10.5. The molecule has 2 heterocycles. The number of nitrogens with zero attached hydrogens (tertiary/aromatic N) is 3. The molecule has 82 valence electrons. The summed E-state index contributed by atoms with van der Waals surface area (Å²) >= 11 is 0. The average Bonchev–Trinajstić information content (AvgIpc) is 2.16. The molecule has 0 bridgehead atoms. The summed E-state index contributed by atoms with van der Waals surface area (Å²) in [6.07, 6.45) is 2.84. The van der Waals surface area contributed by atoms with Crippen molar-refractivity contribution in [3.8, 4) is 0 Å². The van der Waals surface area contributed by atoms with Crippen molar-refractivity contribution in [1.29, 1.82) is 0 Å². The minimum absolute atomic E-state index is 0.547. The lowest BCUT2D eigenvalue weighted by Gasteiger charge is -2.35. The van der Waals surface area contributed by atoms with Gasteiger partial charge in [-0.1, -0.05) is 13.8 Å². The van der Waals surface area contributed by atoms with Gasteiger partial charge in [0.1, 0.15) is 18.0 Å². The third kappa shape index (κ3) is 2.37. The van der Waals surface area contributed by atoms with Crippen LogP contribution in [0, 0.1) is 11.8 Å². The second-order valence-electron chi connectivity index (χ2n) is 4.65. The molecule has 2 rings (SSSR count). The highest BCUT2D eigenvalue weighted by atomic mass is 15.2. The van der Waals surface area contributed by atoms with E-state index in [4.69, 9.17) is 5.73 Å². The molecule has 0 aromatic carbocycles. The van der Waals surface area contributed by atoms with E-state index in [0.29, 0.717) is 5.82 Å². The summed E-state index contributed by atoms with van der Waals surface area (Å²) in [5.41, 5.74) is 5.66. The molecule has 1 aromatic heterocycles. The lowest BCUT2D eigenvalue weighted by Crippen LogP contribution is -2.39. The van der Waals surface area contributed by atoms with E-state index >= 15 is 0 Å². The van der Waals surface area contributed by atoms with Gasteiger partial charge in [-0.25, -0.2) is 9.97 Å². The van der Waals surface area contributed by atoms with E-state index in [1.165, 1.54) is 12.7 Å². The fourth-order valence-corrected chi connectivity index (χ4v) is 2.38. The lowest BCUT2D eigenvalue weighted by atomic mass is 9.92. The Kier molecular flexibility index (Phi) is 2.75. The van der Waals surface area contributed by atoms with Crippen LogP contribution in [-0.4, -0.2) is 23.1 Å². The minimum Gasteiger partial charge on any atom is -0.384 e. The molecule has 1 aliphatic heterocycles.